The number of carbonyl (C=O) groups excluding carboxylic acids is 2. The van der Waals surface area contributed by atoms with Gasteiger partial charge in [-0.1, -0.05) is 30.3 Å². The zero-order valence-corrected chi connectivity index (χ0v) is 18.5. The molecular weight excluding hydrogens is 428 g/mol. The van der Waals surface area contributed by atoms with Crippen LogP contribution in [0, 0.1) is 4.77 Å². The minimum absolute atomic E-state index is 0.210. The van der Waals surface area contributed by atoms with Gasteiger partial charge >= 0.3 is 0 Å². The van der Waals surface area contributed by atoms with Crippen LogP contribution in [0.4, 0.5) is 0 Å². The first kappa shape index (κ1) is 21.9. The molecule has 1 atom stereocenters. The van der Waals surface area contributed by atoms with Crippen molar-refractivity contribution in [3.63, 3.8) is 0 Å². The molecule has 1 fully saturated rings. The molecule has 2 aromatic carbocycles. The molecule has 0 spiro atoms. The number of amides is 2. The number of piperazine rings is 1. The summed E-state index contributed by atoms with van der Waals surface area (Å²) in [7, 11) is 1.61. The van der Waals surface area contributed by atoms with Crippen LogP contribution in [0.15, 0.2) is 53.3 Å². The molecular formula is C23H24N4O4S. The number of fused-ring (bicyclic) bond motifs is 1. The van der Waals surface area contributed by atoms with Gasteiger partial charge in [0.15, 0.2) is 4.77 Å². The lowest BCUT2D eigenvalue weighted by Crippen LogP contribution is -2.52. The fraction of sp³-hybridized carbons (Fsp3) is 0.304. The third kappa shape index (κ3) is 4.21. The highest BCUT2D eigenvalue weighted by molar-refractivity contribution is 7.71. The van der Waals surface area contributed by atoms with E-state index in [0.29, 0.717) is 53.9 Å². The van der Waals surface area contributed by atoms with E-state index in [4.69, 9.17) is 17.0 Å². The van der Waals surface area contributed by atoms with E-state index < -0.39 is 6.04 Å². The summed E-state index contributed by atoms with van der Waals surface area (Å²) in [6.45, 7) is 1.74. The second-order valence-corrected chi connectivity index (χ2v) is 7.98. The van der Waals surface area contributed by atoms with Crippen LogP contribution >= 0.6 is 12.2 Å². The molecule has 1 aliphatic heterocycles. The number of ether oxygens (including phenoxy) is 1. The Balaban J connectivity index is 1.69. The number of methoxy groups -OCH3 is 1. The number of nitrogens with one attached hydrogen (secondary N) is 2. The molecule has 4 rings (SSSR count). The quantitative estimate of drug-likeness (QED) is 0.442. The van der Waals surface area contributed by atoms with Crippen molar-refractivity contribution >= 4 is 34.9 Å². The number of carbonyl (C=O) groups is 2. The predicted octanol–water partition coefficient (Wildman–Crippen LogP) is 2.41. The molecule has 166 valence electrons. The van der Waals surface area contributed by atoms with Gasteiger partial charge in [-0.3, -0.25) is 19.0 Å². The number of nitrogens with zero attached hydrogens (tertiary/aromatic N) is 2. The van der Waals surface area contributed by atoms with Gasteiger partial charge in [0.05, 0.1) is 10.9 Å². The third-order valence-electron chi connectivity index (χ3n) is 5.55. The minimum atomic E-state index is -0.708. The summed E-state index contributed by atoms with van der Waals surface area (Å²) in [4.78, 5) is 43.5. The Hall–Kier alpha value is -3.30. The van der Waals surface area contributed by atoms with Crippen LogP contribution in [0.1, 0.15) is 28.4 Å². The molecule has 0 aliphatic carbocycles. The molecule has 32 heavy (non-hydrogen) atoms. The first-order chi connectivity index (χ1) is 15.5. The van der Waals surface area contributed by atoms with Gasteiger partial charge in [-0.25, -0.2) is 0 Å². The minimum Gasteiger partial charge on any atom is -0.385 e. The van der Waals surface area contributed by atoms with Crippen molar-refractivity contribution in [3.05, 3.63) is 74.8 Å². The van der Waals surface area contributed by atoms with Gasteiger partial charge < -0.3 is 19.9 Å². The molecule has 0 radical (unpaired) electrons. The maximum atomic E-state index is 13.4. The maximum absolute atomic E-state index is 13.4. The topological polar surface area (TPSA) is 96.4 Å². The number of aromatic amines is 1. The SMILES string of the molecule is COCCCn1c(=S)[nH]c2cc(C(=O)N3CCNC(=O)[C@@H]3c3ccccc3)ccc2c1=O. The Morgan fingerprint density at radius 2 is 1.97 bits per heavy atom. The average Bonchev–Trinajstić information content (AvgIpc) is 2.80. The molecule has 2 heterocycles. The van der Waals surface area contributed by atoms with Crippen molar-refractivity contribution in [1.82, 2.24) is 19.8 Å². The zero-order valence-electron chi connectivity index (χ0n) is 17.7. The fourth-order valence-corrected chi connectivity index (χ4v) is 4.26. The summed E-state index contributed by atoms with van der Waals surface area (Å²) in [5.74, 6) is -0.492. The number of benzene rings is 2. The van der Waals surface area contributed by atoms with Crippen molar-refractivity contribution in [2.24, 2.45) is 0 Å². The van der Waals surface area contributed by atoms with Crippen LogP contribution in [0.2, 0.25) is 0 Å². The lowest BCUT2D eigenvalue weighted by Gasteiger charge is -2.35. The Labute approximate surface area is 189 Å². The van der Waals surface area contributed by atoms with Crippen molar-refractivity contribution < 1.29 is 14.3 Å². The highest BCUT2D eigenvalue weighted by Crippen LogP contribution is 2.25. The van der Waals surface area contributed by atoms with Gasteiger partial charge in [0, 0.05) is 38.9 Å². The number of H-pyrrole nitrogens is 1. The first-order valence-corrected chi connectivity index (χ1v) is 10.8. The smallest absolute Gasteiger partial charge is 0.262 e. The molecule has 8 nitrogen and oxygen atoms in total. The van der Waals surface area contributed by atoms with E-state index in [2.05, 4.69) is 10.3 Å². The van der Waals surface area contributed by atoms with Crippen molar-refractivity contribution in [2.45, 2.75) is 19.0 Å². The second kappa shape index (κ2) is 9.46. The number of hydrogen-bond donors (Lipinski definition) is 2. The lowest BCUT2D eigenvalue weighted by atomic mass is 10.0. The Morgan fingerprint density at radius 1 is 1.19 bits per heavy atom. The van der Waals surface area contributed by atoms with E-state index in [1.807, 2.05) is 30.3 Å². The standard InChI is InChI=1S/C23H24N4O4S/c1-31-13-5-11-27-22(30)17-9-8-16(14-18(17)25-23(27)32)21(29)26-12-10-24-20(28)19(26)15-6-3-2-4-7-15/h2-4,6-9,14,19H,5,10-13H2,1H3,(H,24,28)(H,25,32)/t19-/m0/s1. The van der Waals surface area contributed by atoms with Crippen LogP contribution in [0.3, 0.4) is 0 Å². The van der Waals surface area contributed by atoms with Gasteiger partial charge in [-0.15, -0.1) is 0 Å². The lowest BCUT2D eigenvalue weighted by molar-refractivity contribution is -0.128. The van der Waals surface area contributed by atoms with Crippen LogP contribution in [-0.4, -0.2) is 53.1 Å². The van der Waals surface area contributed by atoms with Crippen molar-refractivity contribution in [2.75, 3.05) is 26.8 Å². The Kier molecular flexibility index (Phi) is 6.48. The zero-order chi connectivity index (χ0) is 22.7. The molecule has 9 heteroatoms. The molecule has 2 N–H and O–H groups in total. The largest absolute Gasteiger partial charge is 0.385 e. The highest BCUT2D eigenvalue weighted by atomic mass is 32.1. The molecule has 0 unspecified atom stereocenters. The van der Waals surface area contributed by atoms with Gasteiger partial charge in [-0.2, -0.15) is 0 Å². The van der Waals surface area contributed by atoms with Crippen LogP contribution in [0.25, 0.3) is 10.9 Å². The molecule has 1 aromatic heterocycles. The van der Waals surface area contributed by atoms with Crippen molar-refractivity contribution in [1.29, 1.82) is 0 Å². The molecule has 0 bridgehead atoms. The summed E-state index contributed by atoms with van der Waals surface area (Å²) >= 11 is 5.37. The summed E-state index contributed by atoms with van der Waals surface area (Å²) in [5.41, 5.74) is 1.41. The highest BCUT2D eigenvalue weighted by Gasteiger charge is 2.34. The number of hydrogen-bond acceptors (Lipinski definition) is 5. The number of aromatic nitrogens is 2. The summed E-state index contributed by atoms with van der Waals surface area (Å²) in [6, 6.07) is 13.4. The Morgan fingerprint density at radius 3 is 2.72 bits per heavy atom. The number of rotatable bonds is 6. The van der Waals surface area contributed by atoms with Crippen LogP contribution < -0.4 is 10.9 Å². The summed E-state index contributed by atoms with van der Waals surface area (Å²) < 4.78 is 6.84. The van der Waals surface area contributed by atoms with Gasteiger partial charge in [0.2, 0.25) is 5.91 Å². The van der Waals surface area contributed by atoms with Gasteiger partial charge in [0.25, 0.3) is 11.5 Å². The van der Waals surface area contributed by atoms with Gasteiger partial charge in [-0.05, 0) is 42.4 Å². The predicted molar refractivity (Wildman–Crippen MR) is 123 cm³/mol. The van der Waals surface area contributed by atoms with E-state index in [1.165, 1.54) is 4.57 Å². The normalized spacial score (nSPS) is 16.2. The fourth-order valence-electron chi connectivity index (χ4n) is 3.98. The van der Waals surface area contributed by atoms with E-state index in [0.717, 1.165) is 5.56 Å². The van der Waals surface area contributed by atoms with Gasteiger partial charge in [0.1, 0.15) is 6.04 Å². The van der Waals surface area contributed by atoms with Crippen LogP contribution in [-0.2, 0) is 16.1 Å². The average molecular weight is 453 g/mol. The summed E-state index contributed by atoms with van der Waals surface area (Å²) in [5, 5.41) is 3.28. The summed E-state index contributed by atoms with van der Waals surface area (Å²) in [6.07, 6.45) is 0.661. The molecule has 1 aliphatic rings. The third-order valence-corrected chi connectivity index (χ3v) is 5.87. The van der Waals surface area contributed by atoms with E-state index >= 15 is 0 Å². The van der Waals surface area contributed by atoms with E-state index in [1.54, 1.807) is 30.2 Å². The van der Waals surface area contributed by atoms with E-state index in [9.17, 15) is 14.4 Å². The van der Waals surface area contributed by atoms with Crippen molar-refractivity contribution in [3.8, 4) is 0 Å². The molecule has 2 amide bonds. The maximum Gasteiger partial charge on any atom is 0.262 e. The Bertz CT molecular complexity index is 1270. The van der Waals surface area contributed by atoms with E-state index in [-0.39, 0.29) is 17.4 Å². The first-order valence-electron chi connectivity index (χ1n) is 10.4. The molecule has 0 saturated carbocycles. The van der Waals surface area contributed by atoms with Crippen LogP contribution in [0.5, 0.6) is 0 Å². The monoisotopic (exact) mass is 452 g/mol. The second-order valence-electron chi connectivity index (χ2n) is 7.60. The molecule has 3 aromatic rings. The molecule has 1 saturated heterocycles.